The van der Waals surface area contributed by atoms with Gasteiger partial charge in [0, 0.05) is 6.92 Å². The van der Waals surface area contributed by atoms with E-state index in [1.807, 2.05) is 19.1 Å². The van der Waals surface area contributed by atoms with Crippen molar-refractivity contribution in [2.75, 3.05) is 0 Å². The van der Waals surface area contributed by atoms with E-state index in [1.165, 1.54) is 0 Å². The van der Waals surface area contributed by atoms with E-state index in [9.17, 15) is 4.79 Å². The van der Waals surface area contributed by atoms with E-state index in [-0.39, 0.29) is 5.63 Å². The Bertz CT molecular complexity index is 509. The van der Waals surface area contributed by atoms with Gasteiger partial charge in [0.25, 0.3) is 0 Å². The summed E-state index contributed by atoms with van der Waals surface area (Å²) in [6, 6.07) is 0. The highest BCUT2D eigenvalue weighted by Gasteiger charge is 1.95. The first kappa shape index (κ1) is 10.4. The zero-order valence-corrected chi connectivity index (χ0v) is 8.57. The van der Waals surface area contributed by atoms with E-state index in [0.29, 0.717) is 16.5 Å². The van der Waals surface area contributed by atoms with Crippen molar-refractivity contribution in [3.05, 3.63) is 39.0 Å². The second-order valence-corrected chi connectivity index (χ2v) is 2.80. The Labute approximate surface area is 82.1 Å². The van der Waals surface area contributed by atoms with Crippen molar-refractivity contribution >= 4 is 12.2 Å². The van der Waals surface area contributed by atoms with Crippen LogP contribution in [0.2, 0.25) is 0 Å². The lowest BCUT2D eigenvalue weighted by atomic mass is 10.3. The molecule has 0 bridgehead atoms. The molecule has 3 heteroatoms. The van der Waals surface area contributed by atoms with Crippen LogP contribution in [0.3, 0.4) is 0 Å². The lowest BCUT2D eigenvalue weighted by Crippen LogP contribution is -2.40. The maximum absolute atomic E-state index is 11.4. The molecule has 0 radical (unpaired) electrons. The molecule has 1 heterocycles. The summed E-state index contributed by atoms with van der Waals surface area (Å²) in [5.74, 6) is 0.386. The summed E-state index contributed by atoms with van der Waals surface area (Å²) in [7, 11) is 0. The average molecular weight is 191 g/mol. The van der Waals surface area contributed by atoms with Crippen molar-refractivity contribution in [1.29, 1.82) is 0 Å². The molecule has 3 nitrogen and oxygen atoms in total. The Balaban J connectivity index is 3.66. The highest BCUT2D eigenvalue weighted by molar-refractivity contribution is 5.35. The summed E-state index contributed by atoms with van der Waals surface area (Å²) in [5.41, 5.74) is -0.337. The zero-order valence-electron chi connectivity index (χ0n) is 8.57. The Morgan fingerprint density at radius 3 is 2.64 bits per heavy atom. The lowest BCUT2D eigenvalue weighted by Gasteiger charge is -1.90. The SMILES string of the molecule is C\C=C/C=c1/nc(C)oc(=O)/c1=C/C. The van der Waals surface area contributed by atoms with Crippen LogP contribution < -0.4 is 16.2 Å². The van der Waals surface area contributed by atoms with E-state index in [1.54, 1.807) is 26.0 Å². The Morgan fingerprint density at radius 2 is 2.07 bits per heavy atom. The van der Waals surface area contributed by atoms with Gasteiger partial charge in [0.2, 0.25) is 0 Å². The molecule has 1 aromatic rings. The normalized spacial score (nSPS) is 14.2. The fourth-order valence-corrected chi connectivity index (χ4v) is 1.13. The second-order valence-electron chi connectivity index (χ2n) is 2.80. The van der Waals surface area contributed by atoms with Gasteiger partial charge in [0.15, 0.2) is 5.89 Å². The number of rotatable bonds is 1. The van der Waals surface area contributed by atoms with Crippen LogP contribution in [0.15, 0.2) is 21.4 Å². The molecule has 0 aliphatic heterocycles. The molecule has 0 saturated heterocycles. The monoisotopic (exact) mass is 191 g/mol. The van der Waals surface area contributed by atoms with Crippen molar-refractivity contribution in [2.24, 2.45) is 0 Å². The first-order valence-electron chi connectivity index (χ1n) is 4.46. The Hall–Kier alpha value is -1.64. The predicted molar refractivity (Wildman–Crippen MR) is 56.2 cm³/mol. The van der Waals surface area contributed by atoms with Crippen LogP contribution >= 0.6 is 0 Å². The smallest absolute Gasteiger partial charge is 0.346 e. The third kappa shape index (κ3) is 2.19. The van der Waals surface area contributed by atoms with E-state index >= 15 is 0 Å². The Kier molecular flexibility index (Phi) is 3.40. The molecule has 0 amide bonds. The van der Waals surface area contributed by atoms with Gasteiger partial charge in [-0.1, -0.05) is 18.2 Å². The largest absolute Gasteiger partial charge is 0.408 e. The molecule has 0 atom stereocenters. The van der Waals surface area contributed by atoms with Gasteiger partial charge in [-0.25, -0.2) is 9.78 Å². The molecule has 0 N–H and O–H groups in total. The minimum atomic E-state index is -0.337. The topological polar surface area (TPSA) is 43.1 Å². The molecule has 0 aliphatic rings. The van der Waals surface area contributed by atoms with E-state index in [2.05, 4.69) is 4.98 Å². The summed E-state index contributed by atoms with van der Waals surface area (Å²) >= 11 is 0. The van der Waals surface area contributed by atoms with Crippen LogP contribution in [0.4, 0.5) is 0 Å². The summed E-state index contributed by atoms with van der Waals surface area (Å²) in [6.45, 7) is 5.36. The first-order chi connectivity index (χ1) is 6.69. The zero-order chi connectivity index (χ0) is 10.6. The third-order valence-electron chi connectivity index (χ3n) is 1.75. The summed E-state index contributed by atoms with van der Waals surface area (Å²) in [5, 5.41) is 1.16. The van der Waals surface area contributed by atoms with Crippen LogP contribution in [0.1, 0.15) is 19.7 Å². The quantitative estimate of drug-likeness (QED) is 0.649. The van der Waals surface area contributed by atoms with Crippen molar-refractivity contribution in [3.63, 3.8) is 0 Å². The highest BCUT2D eigenvalue weighted by Crippen LogP contribution is 1.77. The standard InChI is InChI=1S/C11H13NO2/c1-4-6-7-10-9(5-2)11(13)14-8(3)12-10/h4-7H,1-3H3/b6-4-,9-5+,10-7+. The van der Waals surface area contributed by atoms with Crippen LogP contribution in [-0.2, 0) is 0 Å². The van der Waals surface area contributed by atoms with Gasteiger partial charge in [-0.05, 0) is 19.9 Å². The van der Waals surface area contributed by atoms with E-state index in [0.717, 1.165) is 0 Å². The number of aryl methyl sites for hydroxylation is 1. The van der Waals surface area contributed by atoms with E-state index < -0.39 is 0 Å². The summed E-state index contributed by atoms with van der Waals surface area (Å²) in [4.78, 5) is 15.5. The molecule has 74 valence electrons. The van der Waals surface area contributed by atoms with Crippen LogP contribution in [0.5, 0.6) is 0 Å². The molecule has 0 spiro atoms. The third-order valence-corrected chi connectivity index (χ3v) is 1.75. The highest BCUT2D eigenvalue weighted by atomic mass is 16.4. The number of hydrogen-bond acceptors (Lipinski definition) is 3. The van der Waals surface area contributed by atoms with Crippen molar-refractivity contribution in [2.45, 2.75) is 20.8 Å². The molecule has 0 saturated carbocycles. The molecular formula is C11H13NO2. The van der Waals surface area contributed by atoms with Crippen LogP contribution in [0, 0.1) is 6.92 Å². The maximum atomic E-state index is 11.4. The van der Waals surface area contributed by atoms with Gasteiger partial charge in [-0.3, -0.25) is 0 Å². The van der Waals surface area contributed by atoms with Crippen molar-refractivity contribution in [1.82, 2.24) is 4.98 Å². The fourth-order valence-electron chi connectivity index (χ4n) is 1.13. The molecular weight excluding hydrogens is 178 g/mol. The van der Waals surface area contributed by atoms with Crippen LogP contribution in [0.25, 0.3) is 12.2 Å². The Morgan fingerprint density at radius 1 is 1.36 bits per heavy atom. The molecule has 1 rings (SSSR count). The molecule has 14 heavy (non-hydrogen) atoms. The van der Waals surface area contributed by atoms with Crippen molar-refractivity contribution < 1.29 is 4.42 Å². The molecule has 0 fully saturated rings. The summed E-state index contributed by atoms with van der Waals surface area (Å²) in [6.07, 6.45) is 7.21. The number of nitrogens with zero attached hydrogens (tertiary/aromatic N) is 1. The minimum absolute atomic E-state index is 0.337. The molecule has 1 aromatic heterocycles. The predicted octanol–water partition coefficient (Wildman–Crippen LogP) is 0.500. The van der Waals surface area contributed by atoms with E-state index in [4.69, 9.17) is 4.42 Å². The van der Waals surface area contributed by atoms with Gasteiger partial charge < -0.3 is 4.42 Å². The molecule has 0 unspecified atom stereocenters. The van der Waals surface area contributed by atoms with Crippen LogP contribution in [-0.4, -0.2) is 4.98 Å². The summed E-state index contributed by atoms with van der Waals surface area (Å²) < 4.78 is 4.88. The van der Waals surface area contributed by atoms with Gasteiger partial charge in [0.05, 0.1) is 10.6 Å². The lowest BCUT2D eigenvalue weighted by molar-refractivity contribution is 0.447. The maximum Gasteiger partial charge on any atom is 0.346 e. The second kappa shape index (κ2) is 4.56. The molecule has 0 aliphatic carbocycles. The number of aromatic nitrogens is 1. The first-order valence-corrected chi connectivity index (χ1v) is 4.46. The van der Waals surface area contributed by atoms with Gasteiger partial charge in [0.1, 0.15) is 0 Å². The number of allylic oxidation sites excluding steroid dienone is 2. The van der Waals surface area contributed by atoms with Gasteiger partial charge in [-0.2, -0.15) is 0 Å². The van der Waals surface area contributed by atoms with Gasteiger partial charge >= 0.3 is 5.63 Å². The average Bonchev–Trinajstić information content (AvgIpc) is 2.14. The number of hydrogen-bond donors (Lipinski definition) is 0. The fraction of sp³-hybridized carbons (Fsp3) is 0.273. The minimum Gasteiger partial charge on any atom is -0.408 e. The molecule has 0 aromatic carbocycles. The van der Waals surface area contributed by atoms with Gasteiger partial charge in [-0.15, -0.1) is 0 Å². The van der Waals surface area contributed by atoms with Crippen molar-refractivity contribution in [3.8, 4) is 0 Å².